The van der Waals surface area contributed by atoms with Gasteiger partial charge in [-0.1, -0.05) is 30.3 Å². The summed E-state index contributed by atoms with van der Waals surface area (Å²) in [6.07, 6.45) is -0.390. The van der Waals surface area contributed by atoms with E-state index in [4.69, 9.17) is 9.15 Å². The Morgan fingerprint density at radius 1 is 1.19 bits per heavy atom. The largest absolute Gasteiger partial charge is 0.481 e. The summed E-state index contributed by atoms with van der Waals surface area (Å²) < 4.78 is 35.2. The molecule has 0 bridgehead atoms. The van der Waals surface area contributed by atoms with Gasteiger partial charge in [0.2, 0.25) is 5.43 Å². The molecule has 4 rings (SSSR count). The van der Waals surface area contributed by atoms with Crippen LogP contribution in [0.5, 0.6) is 5.75 Å². The molecule has 0 spiro atoms. The summed E-state index contributed by atoms with van der Waals surface area (Å²) in [5, 5.41) is 0.425. The second-order valence-electron chi connectivity index (χ2n) is 8.15. The summed E-state index contributed by atoms with van der Waals surface area (Å²) in [6, 6.07) is 13.9. The standard InChI is InChI=1S/C24H25NO6S/c1-15-22(17-7-5-4-6-8-17)23(26)20-10-9-19(13-21(20)31-15)30-16(2)24(27)25(3)18-11-12-32(28,29)14-18/h4-10,13,16,18H,11-12,14H2,1-3H3/t16-,18+/m0/s1. The maximum Gasteiger partial charge on any atom is 0.263 e. The second-order valence-corrected chi connectivity index (χ2v) is 10.4. The SMILES string of the molecule is Cc1oc2cc(O[C@@H](C)C(=O)N(C)[C@@H]3CCS(=O)(=O)C3)ccc2c(=O)c1-c1ccccc1. The van der Waals surface area contributed by atoms with Crippen LogP contribution in [0, 0.1) is 6.92 Å². The molecule has 1 amide bonds. The number of carbonyl (C=O) groups excluding carboxylic acids is 1. The van der Waals surface area contributed by atoms with Gasteiger partial charge in [0.05, 0.1) is 22.5 Å². The number of rotatable bonds is 5. The Kier molecular flexibility index (Phi) is 5.81. The maximum absolute atomic E-state index is 13.1. The van der Waals surface area contributed by atoms with Crippen molar-refractivity contribution in [3.63, 3.8) is 0 Å². The minimum absolute atomic E-state index is 0.0217. The van der Waals surface area contributed by atoms with Gasteiger partial charge in [-0.15, -0.1) is 0 Å². The van der Waals surface area contributed by atoms with Crippen molar-refractivity contribution in [2.75, 3.05) is 18.6 Å². The molecule has 0 radical (unpaired) electrons. The van der Waals surface area contributed by atoms with Crippen molar-refractivity contribution in [2.45, 2.75) is 32.4 Å². The van der Waals surface area contributed by atoms with Gasteiger partial charge in [-0.3, -0.25) is 9.59 Å². The van der Waals surface area contributed by atoms with Gasteiger partial charge in [0.1, 0.15) is 17.1 Å². The molecule has 168 valence electrons. The summed E-state index contributed by atoms with van der Waals surface area (Å²) in [6.45, 7) is 3.36. The highest BCUT2D eigenvalue weighted by atomic mass is 32.2. The second kappa shape index (κ2) is 8.43. The average Bonchev–Trinajstić information content (AvgIpc) is 3.13. The van der Waals surface area contributed by atoms with Gasteiger partial charge < -0.3 is 14.1 Å². The quantitative estimate of drug-likeness (QED) is 0.587. The van der Waals surface area contributed by atoms with Crippen LogP contribution >= 0.6 is 0 Å². The van der Waals surface area contributed by atoms with E-state index in [0.717, 1.165) is 5.56 Å². The number of nitrogens with zero attached hydrogens (tertiary/aromatic N) is 1. The Morgan fingerprint density at radius 2 is 1.91 bits per heavy atom. The average molecular weight is 456 g/mol. The van der Waals surface area contributed by atoms with Gasteiger partial charge in [-0.05, 0) is 38.0 Å². The molecule has 32 heavy (non-hydrogen) atoms. The summed E-state index contributed by atoms with van der Waals surface area (Å²) in [7, 11) is -1.49. The highest BCUT2D eigenvalue weighted by molar-refractivity contribution is 7.91. The molecule has 0 aliphatic carbocycles. The molecule has 0 unspecified atom stereocenters. The molecule has 0 N–H and O–H groups in total. The van der Waals surface area contributed by atoms with Gasteiger partial charge in [-0.2, -0.15) is 0 Å². The van der Waals surface area contributed by atoms with Gasteiger partial charge in [0, 0.05) is 19.2 Å². The van der Waals surface area contributed by atoms with Gasteiger partial charge in [0.25, 0.3) is 5.91 Å². The van der Waals surface area contributed by atoms with Crippen molar-refractivity contribution in [1.29, 1.82) is 0 Å². The molecular formula is C24H25NO6S. The lowest BCUT2D eigenvalue weighted by atomic mass is 10.0. The molecule has 0 saturated carbocycles. The number of amides is 1. The predicted octanol–water partition coefficient (Wildman–Crippen LogP) is 3.18. The fraction of sp³-hybridized carbons (Fsp3) is 0.333. The van der Waals surface area contributed by atoms with Gasteiger partial charge >= 0.3 is 0 Å². The van der Waals surface area contributed by atoms with E-state index in [1.54, 1.807) is 39.1 Å². The van der Waals surface area contributed by atoms with Crippen molar-refractivity contribution in [1.82, 2.24) is 4.90 Å². The van der Waals surface area contributed by atoms with Gasteiger partial charge in [-0.25, -0.2) is 8.42 Å². The third kappa shape index (κ3) is 4.27. The third-order valence-electron chi connectivity index (χ3n) is 5.87. The Labute approximate surface area is 186 Å². The minimum Gasteiger partial charge on any atom is -0.481 e. The first kappa shape index (κ1) is 22.1. The van der Waals surface area contributed by atoms with Crippen molar-refractivity contribution in [3.8, 4) is 16.9 Å². The van der Waals surface area contributed by atoms with E-state index in [0.29, 0.717) is 34.5 Å². The van der Waals surface area contributed by atoms with Gasteiger partial charge in [0.15, 0.2) is 15.9 Å². The Hall–Kier alpha value is -3.13. The molecule has 7 nitrogen and oxygen atoms in total. The lowest BCUT2D eigenvalue weighted by molar-refractivity contribution is -0.138. The van der Waals surface area contributed by atoms with Crippen LogP contribution in [0.25, 0.3) is 22.1 Å². The van der Waals surface area contributed by atoms with E-state index in [1.807, 2.05) is 30.3 Å². The highest BCUT2D eigenvalue weighted by Gasteiger charge is 2.34. The molecule has 2 atom stereocenters. The normalized spacial score (nSPS) is 18.4. The first-order chi connectivity index (χ1) is 15.2. The number of likely N-dealkylation sites (N-methyl/N-ethyl adjacent to an activating group) is 1. The first-order valence-corrected chi connectivity index (χ1v) is 12.2. The number of hydrogen-bond acceptors (Lipinski definition) is 6. The highest BCUT2D eigenvalue weighted by Crippen LogP contribution is 2.27. The van der Waals surface area contributed by atoms with Crippen molar-refractivity contribution >= 4 is 26.7 Å². The molecule has 1 saturated heterocycles. The minimum atomic E-state index is -3.09. The molecule has 1 fully saturated rings. The Balaban J connectivity index is 1.56. The van der Waals surface area contributed by atoms with E-state index in [2.05, 4.69) is 0 Å². The van der Waals surface area contributed by atoms with Crippen LogP contribution < -0.4 is 10.2 Å². The molecule has 3 aromatic rings. The number of fused-ring (bicyclic) bond motifs is 1. The number of sulfone groups is 1. The van der Waals surface area contributed by atoms with Crippen LogP contribution in [-0.4, -0.2) is 49.9 Å². The Morgan fingerprint density at radius 3 is 2.56 bits per heavy atom. The monoisotopic (exact) mass is 455 g/mol. The topological polar surface area (TPSA) is 93.9 Å². The maximum atomic E-state index is 13.1. The summed E-state index contributed by atoms with van der Waals surface area (Å²) in [5.74, 6) is 0.659. The van der Waals surface area contributed by atoms with Crippen LogP contribution in [0.4, 0.5) is 0 Å². The summed E-state index contributed by atoms with van der Waals surface area (Å²) >= 11 is 0. The van der Waals surface area contributed by atoms with Crippen LogP contribution in [0.15, 0.2) is 57.7 Å². The van der Waals surface area contributed by atoms with E-state index in [9.17, 15) is 18.0 Å². The van der Waals surface area contributed by atoms with Crippen LogP contribution in [0.3, 0.4) is 0 Å². The van der Waals surface area contributed by atoms with E-state index in [-0.39, 0.29) is 28.9 Å². The molecule has 8 heteroatoms. The van der Waals surface area contributed by atoms with Crippen molar-refractivity contribution < 1.29 is 22.4 Å². The van der Waals surface area contributed by atoms with Crippen LogP contribution in [0.2, 0.25) is 0 Å². The Bertz CT molecular complexity index is 1330. The fourth-order valence-electron chi connectivity index (χ4n) is 4.10. The molecule has 2 aromatic carbocycles. The summed E-state index contributed by atoms with van der Waals surface area (Å²) in [4.78, 5) is 27.3. The molecule has 1 aromatic heterocycles. The fourth-order valence-corrected chi connectivity index (χ4v) is 5.87. The predicted molar refractivity (Wildman–Crippen MR) is 123 cm³/mol. The lowest BCUT2D eigenvalue weighted by Gasteiger charge is -2.26. The van der Waals surface area contributed by atoms with Crippen molar-refractivity contribution in [3.05, 3.63) is 64.5 Å². The van der Waals surface area contributed by atoms with E-state index in [1.165, 1.54) is 4.90 Å². The van der Waals surface area contributed by atoms with Crippen LogP contribution in [-0.2, 0) is 14.6 Å². The number of hydrogen-bond donors (Lipinski definition) is 0. The third-order valence-corrected chi connectivity index (χ3v) is 7.62. The zero-order chi connectivity index (χ0) is 23.0. The van der Waals surface area contributed by atoms with Crippen LogP contribution in [0.1, 0.15) is 19.1 Å². The zero-order valence-electron chi connectivity index (χ0n) is 18.2. The molecule has 2 heterocycles. The smallest absolute Gasteiger partial charge is 0.263 e. The number of aryl methyl sites for hydroxylation is 1. The molecule has 1 aliphatic rings. The van der Waals surface area contributed by atoms with E-state index < -0.39 is 15.9 Å². The number of ether oxygens (including phenoxy) is 1. The number of carbonyl (C=O) groups is 1. The molecule has 1 aliphatic heterocycles. The number of benzene rings is 2. The molecular weight excluding hydrogens is 430 g/mol. The first-order valence-electron chi connectivity index (χ1n) is 10.4. The zero-order valence-corrected chi connectivity index (χ0v) is 19.0. The lowest BCUT2D eigenvalue weighted by Crippen LogP contribution is -2.44. The summed E-state index contributed by atoms with van der Waals surface area (Å²) in [5.41, 5.74) is 1.55. The van der Waals surface area contributed by atoms with Crippen molar-refractivity contribution in [2.24, 2.45) is 0 Å². The van der Waals surface area contributed by atoms with E-state index >= 15 is 0 Å².